The molecule has 2 rings (SSSR count). The molecule has 2 aromatic rings. The van der Waals surface area contributed by atoms with Gasteiger partial charge in [0.25, 0.3) is 5.56 Å². The first kappa shape index (κ1) is 10.5. The smallest absolute Gasteiger partial charge is 0.254 e. The number of nitrogens with one attached hydrogen (secondary N) is 1. The lowest BCUT2D eigenvalue weighted by molar-refractivity contribution is 0.833. The molecule has 0 aliphatic carbocycles. The van der Waals surface area contributed by atoms with Gasteiger partial charge in [0.1, 0.15) is 0 Å². The molecule has 0 radical (unpaired) electrons. The first-order valence-electron chi connectivity index (χ1n) is 5.18. The molecule has 0 amide bonds. The molecule has 1 N–H and O–H groups in total. The van der Waals surface area contributed by atoms with Crippen LogP contribution in [0, 0.1) is 0 Å². The highest BCUT2D eigenvalue weighted by atomic mass is 16.1. The van der Waals surface area contributed by atoms with Gasteiger partial charge >= 0.3 is 0 Å². The SMILES string of the molecule is CC(C)c1c(-c2cccnc2)nc[nH]c1=O. The molecular weight excluding hydrogens is 202 g/mol. The highest BCUT2D eigenvalue weighted by molar-refractivity contribution is 5.61. The van der Waals surface area contributed by atoms with Crippen LogP contribution >= 0.6 is 0 Å². The van der Waals surface area contributed by atoms with E-state index in [0.29, 0.717) is 11.3 Å². The predicted octanol–water partition coefficient (Wildman–Crippen LogP) is 1.96. The van der Waals surface area contributed by atoms with Crippen LogP contribution in [0.15, 0.2) is 35.6 Å². The minimum Gasteiger partial charge on any atom is -0.313 e. The maximum absolute atomic E-state index is 11.7. The molecule has 0 aliphatic rings. The van der Waals surface area contributed by atoms with Crippen molar-refractivity contribution in [2.75, 3.05) is 0 Å². The number of rotatable bonds is 2. The van der Waals surface area contributed by atoms with E-state index < -0.39 is 0 Å². The molecule has 82 valence electrons. The third-order valence-electron chi connectivity index (χ3n) is 2.40. The molecule has 0 saturated heterocycles. The zero-order valence-electron chi connectivity index (χ0n) is 9.27. The zero-order valence-corrected chi connectivity index (χ0v) is 9.27. The number of hydrogen-bond donors (Lipinski definition) is 1. The Labute approximate surface area is 93.4 Å². The van der Waals surface area contributed by atoms with E-state index in [1.807, 2.05) is 26.0 Å². The van der Waals surface area contributed by atoms with Crippen molar-refractivity contribution in [2.24, 2.45) is 0 Å². The molecule has 2 aromatic heterocycles. The van der Waals surface area contributed by atoms with E-state index in [2.05, 4.69) is 15.0 Å². The van der Waals surface area contributed by atoms with Gasteiger partial charge in [-0.2, -0.15) is 0 Å². The van der Waals surface area contributed by atoms with Gasteiger partial charge in [0.2, 0.25) is 0 Å². The lowest BCUT2D eigenvalue weighted by atomic mass is 9.99. The first-order chi connectivity index (χ1) is 7.70. The van der Waals surface area contributed by atoms with Crippen molar-refractivity contribution < 1.29 is 0 Å². The van der Waals surface area contributed by atoms with Gasteiger partial charge in [0.05, 0.1) is 12.0 Å². The standard InChI is InChI=1S/C12H13N3O/c1-8(2)10-11(14-7-15-12(10)16)9-4-3-5-13-6-9/h3-8H,1-2H3,(H,14,15,16). The van der Waals surface area contributed by atoms with Crippen LogP contribution in [0.2, 0.25) is 0 Å². The van der Waals surface area contributed by atoms with Gasteiger partial charge < -0.3 is 4.98 Å². The van der Waals surface area contributed by atoms with Crippen molar-refractivity contribution in [3.8, 4) is 11.3 Å². The van der Waals surface area contributed by atoms with Gasteiger partial charge in [-0.25, -0.2) is 4.98 Å². The summed E-state index contributed by atoms with van der Waals surface area (Å²) in [6, 6.07) is 3.74. The zero-order chi connectivity index (χ0) is 11.5. The molecule has 2 heterocycles. The predicted molar refractivity (Wildman–Crippen MR) is 62.2 cm³/mol. The number of aromatic amines is 1. The number of pyridine rings is 1. The molecule has 0 saturated carbocycles. The monoisotopic (exact) mass is 215 g/mol. The van der Waals surface area contributed by atoms with Gasteiger partial charge in [-0.3, -0.25) is 9.78 Å². The number of H-pyrrole nitrogens is 1. The second-order valence-electron chi connectivity index (χ2n) is 3.89. The van der Waals surface area contributed by atoms with Crippen molar-refractivity contribution in [1.82, 2.24) is 15.0 Å². The van der Waals surface area contributed by atoms with E-state index in [0.717, 1.165) is 5.56 Å². The Bertz CT molecular complexity index is 531. The summed E-state index contributed by atoms with van der Waals surface area (Å²) in [7, 11) is 0. The van der Waals surface area contributed by atoms with Crippen LogP contribution in [0.25, 0.3) is 11.3 Å². The summed E-state index contributed by atoms with van der Waals surface area (Å²) in [5, 5.41) is 0. The van der Waals surface area contributed by atoms with E-state index in [1.165, 1.54) is 6.33 Å². The average molecular weight is 215 g/mol. The lowest BCUT2D eigenvalue weighted by Gasteiger charge is -2.09. The molecule has 0 atom stereocenters. The molecule has 16 heavy (non-hydrogen) atoms. The van der Waals surface area contributed by atoms with Gasteiger partial charge in [0.15, 0.2) is 0 Å². The topological polar surface area (TPSA) is 58.6 Å². The highest BCUT2D eigenvalue weighted by Gasteiger charge is 2.13. The second-order valence-corrected chi connectivity index (χ2v) is 3.89. The summed E-state index contributed by atoms with van der Waals surface area (Å²) in [6.07, 6.45) is 4.84. The van der Waals surface area contributed by atoms with Crippen LogP contribution < -0.4 is 5.56 Å². The molecule has 0 aliphatic heterocycles. The average Bonchev–Trinajstić information content (AvgIpc) is 2.29. The van der Waals surface area contributed by atoms with Gasteiger partial charge in [-0.05, 0) is 18.1 Å². The summed E-state index contributed by atoms with van der Waals surface area (Å²) in [5.74, 6) is 0.132. The van der Waals surface area contributed by atoms with Crippen molar-refractivity contribution in [1.29, 1.82) is 0 Å². The van der Waals surface area contributed by atoms with Gasteiger partial charge in [-0.15, -0.1) is 0 Å². The van der Waals surface area contributed by atoms with Crippen LogP contribution in [-0.4, -0.2) is 15.0 Å². The molecule has 0 aromatic carbocycles. The number of nitrogens with zero attached hydrogens (tertiary/aromatic N) is 2. The third kappa shape index (κ3) is 1.86. The van der Waals surface area contributed by atoms with Crippen molar-refractivity contribution in [2.45, 2.75) is 19.8 Å². The van der Waals surface area contributed by atoms with E-state index >= 15 is 0 Å². The second kappa shape index (κ2) is 4.26. The minimum absolute atomic E-state index is 0.0798. The van der Waals surface area contributed by atoms with E-state index in [-0.39, 0.29) is 11.5 Å². The fraction of sp³-hybridized carbons (Fsp3) is 0.250. The summed E-state index contributed by atoms with van der Waals surface area (Å²) >= 11 is 0. The Morgan fingerprint density at radius 2 is 2.19 bits per heavy atom. The first-order valence-corrected chi connectivity index (χ1v) is 5.18. The van der Waals surface area contributed by atoms with Crippen molar-refractivity contribution in [3.63, 3.8) is 0 Å². The number of hydrogen-bond acceptors (Lipinski definition) is 3. The van der Waals surface area contributed by atoms with Crippen LogP contribution in [0.5, 0.6) is 0 Å². The van der Waals surface area contributed by atoms with E-state index in [1.54, 1.807) is 12.4 Å². The van der Waals surface area contributed by atoms with E-state index in [9.17, 15) is 4.79 Å². The van der Waals surface area contributed by atoms with Gasteiger partial charge in [0, 0.05) is 23.5 Å². The summed E-state index contributed by atoms with van der Waals surface area (Å²) in [6.45, 7) is 3.96. The number of aromatic nitrogens is 3. The summed E-state index contributed by atoms with van der Waals surface area (Å²) < 4.78 is 0. The van der Waals surface area contributed by atoms with E-state index in [4.69, 9.17) is 0 Å². The Morgan fingerprint density at radius 1 is 1.38 bits per heavy atom. The molecular formula is C12H13N3O. The van der Waals surface area contributed by atoms with Crippen LogP contribution in [0.3, 0.4) is 0 Å². The summed E-state index contributed by atoms with van der Waals surface area (Å²) in [4.78, 5) is 22.6. The molecule has 4 nitrogen and oxygen atoms in total. The Hall–Kier alpha value is -1.97. The Morgan fingerprint density at radius 3 is 2.81 bits per heavy atom. The molecule has 0 unspecified atom stereocenters. The lowest BCUT2D eigenvalue weighted by Crippen LogP contribution is -2.16. The van der Waals surface area contributed by atoms with Crippen molar-refractivity contribution >= 4 is 0 Å². The van der Waals surface area contributed by atoms with Crippen LogP contribution in [-0.2, 0) is 0 Å². The highest BCUT2D eigenvalue weighted by Crippen LogP contribution is 2.22. The Kier molecular flexibility index (Phi) is 2.81. The largest absolute Gasteiger partial charge is 0.313 e. The maximum Gasteiger partial charge on any atom is 0.254 e. The van der Waals surface area contributed by atoms with Crippen LogP contribution in [0.4, 0.5) is 0 Å². The van der Waals surface area contributed by atoms with Gasteiger partial charge in [-0.1, -0.05) is 13.8 Å². The molecule has 0 fully saturated rings. The minimum atomic E-state index is -0.0798. The fourth-order valence-electron chi connectivity index (χ4n) is 1.68. The van der Waals surface area contributed by atoms with Crippen molar-refractivity contribution in [3.05, 3.63) is 46.8 Å². The fourth-order valence-corrected chi connectivity index (χ4v) is 1.68. The summed E-state index contributed by atoms with van der Waals surface area (Å²) in [5.41, 5.74) is 2.21. The Balaban J connectivity index is 2.66. The normalized spacial score (nSPS) is 10.7. The molecule has 0 spiro atoms. The van der Waals surface area contributed by atoms with Crippen LogP contribution in [0.1, 0.15) is 25.3 Å². The molecule has 0 bridgehead atoms. The molecule has 4 heteroatoms. The quantitative estimate of drug-likeness (QED) is 0.833. The third-order valence-corrected chi connectivity index (χ3v) is 2.40. The maximum atomic E-state index is 11.7.